The molecule has 0 unspecified atom stereocenters. The van der Waals surface area contributed by atoms with Gasteiger partial charge in [0, 0.05) is 5.69 Å². The Morgan fingerprint density at radius 2 is 1.63 bits per heavy atom. The molecule has 0 saturated carbocycles. The molecule has 0 aliphatic rings. The molecule has 1 aromatic rings. The standard InChI is InChI=1S/C18H29N/c1-12(17(3,4)5)9-14-10-15(18(6,7)8)11-16(19)13(14)2/h10-11H,1,9,19H2,2-8H3. The number of allylic oxidation sites excluding steroid dienone is 1. The van der Waals surface area contributed by atoms with Crippen molar-refractivity contribution in [3.05, 3.63) is 41.0 Å². The molecule has 0 aliphatic carbocycles. The van der Waals surface area contributed by atoms with Crippen molar-refractivity contribution in [1.29, 1.82) is 0 Å². The Labute approximate surface area is 118 Å². The average molecular weight is 259 g/mol. The highest BCUT2D eigenvalue weighted by Crippen LogP contribution is 2.32. The zero-order valence-corrected chi connectivity index (χ0v) is 13.6. The van der Waals surface area contributed by atoms with Crippen molar-refractivity contribution in [3.8, 4) is 0 Å². The molecule has 0 aliphatic heterocycles. The fourth-order valence-corrected chi connectivity index (χ4v) is 1.91. The summed E-state index contributed by atoms with van der Waals surface area (Å²) in [5, 5.41) is 0. The number of anilines is 1. The Morgan fingerprint density at radius 3 is 2.05 bits per heavy atom. The third-order valence-electron chi connectivity index (χ3n) is 3.89. The van der Waals surface area contributed by atoms with Crippen LogP contribution in [-0.4, -0.2) is 0 Å². The first-order valence-electron chi connectivity index (χ1n) is 7.00. The van der Waals surface area contributed by atoms with Crippen LogP contribution in [0.5, 0.6) is 0 Å². The lowest BCUT2D eigenvalue weighted by atomic mass is 9.80. The summed E-state index contributed by atoms with van der Waals surface area (Å²) in [7, 11) is 0. The van der Waals surface area contributed by atoms with E-state index in [0.717, 1.165) is 12.1 Å². The van der Waals surface area contributed by atoms with Crippen LogP contribution in [0.1, 0.15) is 58.2 Å². The summed E-state index contributed by atoms with van der Waals surface area (Å²) < 4.78 is 0. The molecule has 1 nitrogen and oxygen atoms in total. The third kappa shape index (κ3) is 3.86. The number of benzene rings is 1. The minimum absolute atomic E-state index is 0.125. The minimum Gasteiger partial charge on any atom is -0.398 e. The van der Waals surface area contributed by atoms with Gasteiger partial charge in [-0.05, 0) is 46.9 Å². The van der Waals surface area contributed by atoms with Crippen molar-refractivity contribution >= 4 is 5.69 Å². The quantitative estimate of drug-likeness (QED) is 0.585. The topological polar surface area (TPSA) is 26.0 Å². The van der Waals surface area contributed by atoms with E-state index in [9.17, 15) is 0 Å². The van der Waals surface area contributed by atoms with Gasteiger partial charge >= 0.3 is 0 Å². The first kappa shape index (κ1) is 15.8. The molecule has 0 spiro atoms. The van der Waals surface area contributed by atoms with E-state index in [4.69, 9.17) is 5.73 Å². The summed E-state index contributed by atoms with van der Waals surface area (Å²) in [5.74, 6) is 0. The molecule has 19 heavy (non-hydrogen) atoms. The van der Waals surface area contributed by atoms with Crippen LogP contribution in [0.4, 0.5) is 5.69 Å². The van der Waals surface area contributed by atoms with Crippen LogP contribution >= 0.6 is 0 Å². The molecule has 1 rings (SSSR count). The Hall–Kier alpha value is -1.24. The summed E-state index contributed by atoms with van der Waals surface area (Å²) in [5.41, 5.74) is 12.4. The van der Waals surface area contributed by atoms with Crippen molar-refractivity contribution in [2.75, 3.05) is 5.73 Å². The highest BCUT2D eigenvalue weighted by molar-refractivity contribution is 5.55. The lowest BCUT2D eigenvalue weighted by Gasteiger charge is -2.25. The van der Waals surface area contributed by atoms with Crippen molar-refractivity contribution in [2.45, 2.75) is 60.3 Å². The molecule has 0 atom stereocenters. The molecular formula is C18H29N. The molecule has 1 aromatic carbocycles. The van der Waals surface area contributed by atoms with E-state index < -0.39 is 0 Å². The highest BCUT2D eigenvalue weighted by Gasteiger charge is 2.19. The maximum absolute atomic E-state index is 6.17. The molecular weight excluding hydrogens is 230 g/mol. The second-order valence-corrected chi connectivity index (χ2v) is 7.63. The van der Waals surface area contributed by atoms with E-state index >= 15 is 0 Å². The minimum atomic E-state index is 0.125. The molecule has 0 fully saturated rings. The van der Waals surface area contributed by atoms with Gasteiger partial charge in [0.1, 0.15) is 0 Å². The fraction of sp³-hybridized carbons (Fsp3) is 0.556. The van der Waals surface area contributed by atoms with E-state index in [1.165, 1.54) is 22.3 Å². The lowest BCUT2D eigenvalue weighted by Crippen LogP contribution is -2.15. The number of hydrogen-bond donors (Lipinski definition) is 1. The SMILES string of the molecule is C=C(Cc1cc(C(C)(C)C)cc(N)c1C)C(C)(C)C. The molecule has 0 radical (unpaired) electrons. The van der Waals surface area contributed by atoms with Gasteiger partial charge in [0.05, 0.1) is 0 Å². The van der Waals surface area contributed by atoms with Gasteiger partial charge in [-0.1, -0.05) is 59.8 Å². The van der Waals surface area contributed by atoms with Gasteiger partial charge in [-0.25, -0.2) is 0 Å². The van der Waals surface area contributed by atoms with Crippen molar-refractivity contribution < 1.29 is 0 Å². The second kappa shape index (κ2) is 5.03. The van der Waals surface area contributed by atoms with Crippen LogP contribution in [0.15, 0.2) is 24.3 Å². The normalized spacial score (nSPS) is 12.6. The lowest BCUT2D eigenvalue weighted by molar-refractivity contribution is 0.493. The Kier molecular flexibility index (Phi) is 4.19. The molecule has 0 aromatic heterocycles. The van der Waals surface area contributed by atoms with Gasteiger partial charge in [0.2, 0.25) is 0 Å². The molecule has 0 saturated heterocycles. The largest absolute Gasteiger partial charge is 0.398 e. The molecule has 0 amide bonds. The van der Waals surface area contributed by atoms with Crippen molar-refractivity contribution in [3.63, 3.8) is 0 Å². The van der Waals surface area contributed by atoms with Crippen LogP contribution < -0.4 is 5.73 Å². The van der Waals surface area contributed by atoms with E-state index in [2.05, 4.69) is 67.2 Å². The van der Waals surface area contributed by atoms with Gasteiger partial charge in [0.15, 0.2) is 0 Å². The zero-order chi connectivity index (χ0) is 15.0. The maximum atomic E-state index is 6.17. The van der Waals surface area contributed by atoms with E-state index in [1.807, 2.05) is 0 Å². The Bertz CT molecular complexity index is 482. The second-order valence-electron chi connectivity index (χ2n) is 7.63. The number of rotatable bonds is 2. The summed E-state index contributed by atoms with van der Waals surface area (Å²) in [6.45, 7) is 19.6. The monoisotopic (exact) mass is 259 g/mol. The first-order valence-corrected chi connectivity index (χ1v) is 7.00. The van der Waals surface area contributed by atoms with Gasteiger partial charge in [-0.3, -0.25) is 0 Å². The van der Waals surface area contributed by atoms with Crippen molar-refractivity contribution in [2.24, 2.45) is 5.41 Å². The fourth-order valence-electron chi connectivity index (χ4n) is 1.91. The Morgan fingerprint density at radius 1 is 1.11 bits per heavy atom. The predicted octanol–water partition coefficient (Wildman–Crippen LogP) is 5.02. The third-order valence-corrected chi connectivity index (χ3v) is 3.89. The van der Waals surface area contributed by atoms with E-state index in [1.54, 1.807) is 0 Å². The van der Waals surface area contributed by atoms with Crippen LogP contribution in [0, 0.1) is 12.3 Å². The number of nitrogen functional groups attached to an aromatic ring is 1. The van der Waals surface area contributed by atoms with E-state index in [-0.39, 0.29) is 10.8 Å². The average Bonchev–Trinajstić information content (AvgIpc) is 2.21. The summed E-state index contributed by atoms with van der Waals surface area (Å²) in [4.78, 5) is 0. The van der Waals surface area contributed by atoms with Crippen LogP contribution in [-0.2, 0) is 11.8 Å². The summed E-state index contributed by atoms with van der Waals surface area (Å²) >= 11 is 0. The molecule has 1 heteroatoms. The molecule has 106 valence electrons. The summed E-state index contributed by atoms with van der Waals surface area (Å²) in [6, 6.07) is 4.40. The van der Waals surface area contributed by atoms with Crippen LogP contribution in [0.25, 0.3) is 0 Å². The molecule has 0 bridgehead atoms. The Balaban J connectivity index is 3.21. The van der Waals surface area contributed by atoms with Gasteiger partial charge in [0.25, 0.3) is 0 Å². The van der Waals surface area contributed by atoms with Crippen molar-refractivity contribution in [1.82, 2.24) is 0 Å². The van der Waals surface area contributed by atoms with Crippen LogP contribution in [0.2, 0.25) is 0 Å². The molecule has 2 N–H and O–H groups in total. The predicted molar refractivity (Wildman–Crippen MR) is 86.6 cm³/mol. The number of hydrogen-bond acceptors (Lipinski definition) is 1. The number of nitrogens with two attached hydrogens (primary N) is 1. The van der Waals surface area contributed by atoms with E-state index in [0.29, 0.717) is 0 Å². The summed E-state index contributed by atoms with van der Waals surface area (Å²) in [6.07, 6.45) is 0.906. The van der Waals surface area contributed by atoms with Crippen LogP contribution in [0.3, 0.4) is 0 Å². The zero-order valence-electron chi connectivity index (χ0n) is 13.6. The first-order chi connectivity index (χ1) is 8.43. The smallest absolute Gasteiger partial charge is 0.0349 e. The van der Waals surface area contributed by atoms with Gasteiger partial charge < -0.3 is 5.73 Å². The molecule has 0 heterocycles. The van der Waals surface area contributed by atoms with Gasteiger partial charge in [-0.2, -0.15) is 0 Å². The van der Waals surface area contributed by atoms with Gasteiger partial charge in [-0.15, -0.1) is 0 Å². The maximum Gasteiger partial charge on any atom is 0.0349 e. The highest BCUT2D eigenvalue weighted by atomic mass is 14.6.